The average Bonchev–Trinajstić information content (AvgIpc) is 2.87. The summed E-state index contributed by atoms with van der Waals surface area (Å²) in [6.45, 7) is 0. The first-order valence-electron chi connectivity index (χ1n) is 5.60. The summed E-state index contributed by atoms with van der Waals surface area (Å²) in [4.78, 5) is 10.3. The molecule has 1 aromatic heterocycles. The van der Waals surface area contributed by atoms with E-state index in [-0.39, 0.29) is 15.8 Å². The molecular weight excluding hydrogens is 316 g/mol. The number of nitro benzene ring substituents is 1. The van der Waals surface area contributed by atoms with E-state index in [9.17, 15) is 10.1 Å². The van der Waals surface area contributed by atoms with Gasteiger partial charge in [0.15, 0.2) is 5.11 Å². The summed E-state index contributed by atoms with van der Waals surface area (Å²) < 4.78 is 5.49. The third-order valence-electron chi connectivity index (χ3n) is 2.42. The van der Waals surface area contributed by atoms with Crippen LogP contribution in [0.3, 0.4) is 0 Å². The fourth-order valence-electron chi connectivity index (χ4n) is 1.54. The van der Waals surface area contributed by atoms with Crippen LogP contribution in [-0.4, -0.2) is 16.3 Å². The van der Waals surface area contributed by atoms with E-state index in [1.54, 1.807) is 18.2 Å². The average molecular weight is 325 g/mol. The lowest BCUT2D eigenvalue weighted by molar-refractivity contribution is -0.384. The fraction of sp³-hybridized carbons (Fsp3) is 0. The molecule has 0 fully saturated rings. The molecule has 0 saturated carbocycles. The van der Waals surface area contributed by atoms with Gasteiger partial charge in [-0.3, -0.25) is 15.5 Å². The van der Waals surface area contributed by atoms with E-state index in [1.165, 1.54) is 18.3 Å². The summed E-state index contributed by atoms with van der Waals surface area (Å²) in [5.41, 5.74) is 7.95. The molecule has 0 radical (unpaired) electrons. The van der Waals surface area contributed by atoms with Crippen molar-refractivity contribution < 1.29 is 9.34 Å². The third kappa shape index (κ3) is 3.77. The summed E-state index contributed by atoms with van der Waals surface area (Å²) in [7, 11) is 0. The SMILES string of the molecule is NC(=S)N/N=C/c1ccc(-c2ccc(Cl)c([N+](=O)[O-])c2)o1. The van der Waals surface area contributed by atoms with Gasteiger partial charge >= 0.3 is 0 Å². The Morgan fingerprint density at radius 3 is 2.90 bits per heavy atom. The Kier molecular flexibility index (Phi) is 4.51. The van der Waals surface area contributed by atoms with Gasteiger partial charge in [-0.25, -0.2) is 0 Å². The first-order chi connectivity index (χ1) is 9.97. The van der Waals surface area contributed by atoms with Crippen LogP contribution in [0.1, 0.15) is 5.76 Å². The highest BCUT2D eigenvalue weighted by atomic mass is 35.5. The zero-order chi connectivity index (χ0) is 15.4. The predicted octanol–water partition coefficient (Wildman–Crippen LogP) is 2.68. The van der Waals surface area contributed by atoms with Crippen LogP contribution in [0.4, 0.5) is 5.69 Å². The minimum atomic E-state index is -0.552. The number of nitrogens with one attached hydrogen (secondary N) is 1. The molecule has 1 heterocycles. The Morgan fingerprint density at radius 2 is 2.24 bits per heavy atom. The second-order valence-electron chi connectivity index (χ2n) is 3.86. The van der Waals surface area contributed by atoms with Crippen molar-refractivity contribution in [3.05, 3.63) is 51.2 Å². The minimum absolute atomic E-state index is 0.0337. The number of hydrogen-bond donors (Lipinski definition) is 2. The second-order valence-corrected chi connectivity index (χ2v) is 4.71. The topological polar surface area (TPSA) is 107 Å². The quantitative estimate of drug-likeness (QED) is 0.387. The number of hydrazone groups is 1. The van der Waals surface area contributed by atoms with Crippen molar-refractivity contribution in [3.63, 3.8) is 0 Å². The smallest absolute Gasteiger partial charge is 0.288 e. The van der Waals surface area contributed by atoms with Crippen molar-refractivity contribution in [2.75, 3.05) is 0 Å². The molecule has 0 spiro atoms. The van der Waals surface area contributed by atoms with Crippen molar-refractivity contribution in [1.82, 2.24) is 5.43 Å². The van der Waals surface area contributed by atoms with Crippen LogP contribution in [0.15, 0.2) is 39.9 Å². The van der Waals surface area contributed by atoms with Crippen LogP contribution in [-0.2, 0) is 0 Å². The summed E-state index contributed by atoms with van der Waals surface area (Å²) in [6.07, 6.45) is 1.38. The molecule has 108 valence electrons. The van der Waals surface area contributed by atoms with Crippen molar-refractivity contribution >= 4 is 40.8 Å². The fourth-order valence-corrected chi connectivity index (χ4v) is 1.78. The van der Waals surface area contributed by atoms with Gasteiger partial charge in [0, 0.05) is 11.6 Å². The van der Waals surface area contributed by atoms with Crippen LogP contribution in [0.2, 0.25) is 5.02 Å². The first kappa shape index (κ1) is 14.9. The molecular formula is C12H9ClN4O3S. The standard InChI is InChI=1S/C12H9ClN4O3S/c13-9-3-1-7(5-10(9)17(18)19)11-4-2-8(20-11)6-15-16-12(14)21/h1-6H,(H3,14,16,21)/b15-6+. The lowest BCUT2D eigenvalue weighted by atomic mass is 10.1. The van der Waals surface area contributed by atoms with Crippen LogP contribution < -0.4 is 11.2 Å². The van der Waals surface area contributed by atoms with Gasteiger partial charge in [0.2, 0.25) is 0 Å². The van der Waals surface area contributed by atoms with E-state index in [1.807, 2.05) is 0 Å². The van der Waals surface area contributed by atoms with Crippen LogP contribution in [0.25, 0.3) is 11.3 Å². The molecule has 1 aromatic carbocycles. The van der Waals surface area contributed by atoms with E-state index in [0.717, 1.165) is 0 Å². The number of thiocarbonyl (C=S) groups is 1. The zero-order valence-corrected chi connectivity index (χ0v) is 12.0. The molecule has 9 heteroatoms. The number of nitrogens with two attached hydrogens (primary N) is 1. The Morgan fingerprint density at radius 1 is 1.48 bits per heavy atom. The van der Waals surface area contributed by atoms with Crippen LogP contribution in [0, 0.1) is 10.1 Å². The van der Waals surface area contributed by atoms with Gasteiger partial charge in [0.05, 0.1) is 11.1 Å². The lowest BCUT2D eigenvalue weighted by Crippen LogP contribution is -2.23. The van der Waals surface area contributed by atoms with Gasteiger partial charge in [0.1, 0.15) is 16.5 Å². The highest BCUT2D eigenvalue weighted by Gasteiger charge is 2.15. The molecule has 2 aromatic rings. The second kappa shape index (κ2) is 6.33. The summed E-state index contributed by atoms with van der Waals surface area (Å²) in [5, 5.41) is 14.7. The number of benzene rings is 1. The maximum absolute atomic E-state index is 10.9. The molecule has 0 aliphatic heterocycles. The molecule has 21 heavy (non-hydrogen) atoms. The third-order valence-corrected chi connectivity index (χ3v) is 2.83. The molecule has 0 unspecified atom stereocenters. The van der Waals surface area contributed by atoms with Gasteiger partial charge < -0.3 is 10.2 Å². The monoisotopic (exact) mass is 324 g/mol. The normalized spacial score (nSPS) is 10.7. The molecule has 3 N–H and O–H groups in total. The van der Waals surface area contributed by atoms with Crippen molar-refractivity contribution in [2.24, 2.45) is 10.8 Å². The number of furan rings is 1. The van der Waals surface area contributed by atoms with Crippen molar-refractivity contribution in [3.8, 4) is 11.3 Å². The van der Waals surface area contributed by atoms with Crippen LogP contribution in [0.5, 0.6) is 0 Å². The molecule has 0 bridgehead atoms. The molecule has 0 atom stereocenters. The number of nitrogens with zero attached hydrogens (tertiary/aromatic N) is 2. The van der Waals surface area contributed by atoms with Gasteiger partial charge in [-0.1, -0.05) is 11.6 Å². The summed E-state index contributed by atoms with van der Waals surface area (Å²) >= 11 is 10.3. The number of nitro groups is 1. The van der Waals surface area contributed by atoms with Crippen molar-refractivity contribution in [1.29, 1.82) is 0 Å². The maximum atomic E-state index is 10.9. The van der Waals surface area contributed by atoms with E-state index in [2.05, 4.69) is 22.7 Å². The molecule has 0 aliphatic rings. The maximum Gasteiger partial charge on any atom is 0.288 e. The van der Waals surface area contributed by atoms with Gasteiger partial charge in [-0.2, -0.15) is 5.10 Å². The highest BCUT2D eigenvalue weighted by Crippen LogP contribution is 2.30. The lowest BCUT2D eigenvalue weighted by Gasteiger charge is -1.99. The number of rotatable bonds is 4. The van der Waals surface area contributed by atoms with E-state index in [0.29, 0.717) is 17.1 Å². The van der Waals surface area contributed by atoms with Crippen molar-refractivity contribution in [2.45, 2.75) is 0 Å². The van der Waals surface area contributed by atoms with E-state index < -0.39 is 4.92 Å². The van der Waals surface area contributed by atoms with Gasteiger partial charge in [0.25, 0.3) is 5.69 Å². The Balaban J connectivity index is 2.25. The Hall–Kier alpha value is -2.45. The van der Waals surface area contributed by atoms with E-state index >= 15 is 0 Å². The minimum Gasteiger partial charge on any atom is -0.455 e. The Labute approximate surface area is 129 Å². The largest absolute Gasteiger partial charge is 0.455 e. The Bertz CT molecular complexity index is 729. The first-order valence-corrected chi connectivity index (χ1v) is 6.38. The molecule has 0 amide bonds. The van der Waals surface area contributed by atoms with Gasteiger partial charge in [-0.05, 0) is 36.5 Å². The van der Waals surface area contributed by atoms with E-state index in [4.69, 9.17) is 21.8 Å². The summed E-state index contributed by atoms with van der Waals surface area (Å²) in [5.74, 6) is 0.887. The van der Waals surface area contributed by atoms with Gasteiger partial charge in [-0.15, -0.1) is 0 Å². The zero-order valence-electron chi connectivity index (χ0n) is 10.4. The molecule has 0 saturated heterocycles. The molecule has 7 nitrogen and oxygen atoms in total. The number of halogens is 1. The van der Waals surface area contributed by atoms with Crippen LogP contribution >= 0.6 is 23.8 Å². The molecule has 2 rings (SSSR count). The number of hydrogen-bond acceptors (Lipinski definition) is 5. The molecule has 0 aliphatic carbocycles. The highest BCUT2D eigenvalue weighted by molar-refractivity contribution is 7.80. The predicted molar refractivity (Wildman–Crippen MR) is 83.3 cm³/mol. The summed E-state index contributed by atoms with van der Waals surface area (Å²) in [6, 6.07) is 7.73.